The Hall–Kier alpha value is -2.08. The lowest BCUT2D eigenvalue weighted by Gasteiger charge is -2.21. The first kappa shape index (κ1) is 15.0. The Morgan fingerprint density at radius 3 is 2.16 bits per heavy atom. The highest BCUT2D eigenvalue weighted by Crippen LogP contribution is 2.16. The van der Waals surface area contributed by atoms with Gasteiger partial charge in [-0.25, -0.2) is 9.59 Å². The minimum Gasteiger partial charge on any atom is -0.480 e. The minimum absolute atomic E-state index is 0.122. The molecule has 1 aromatic rings. The van der Waals surface area contributed by atoms with Crippen molar-refractivity contribution in [2.45, 2.75) is 32.0 Å². The molecule has 2 unspecified atom stereocenters. The molecule has 6 nitrogen and oxygen atoms in total. The van der Waals surface area contributed by atoms with Crippen LogP contribution in [0.25, 0.3) is 0 Å². The molecular formula is C13H18N2O4. The van der Waals surface area contributed by atoms with Gasteiger partial charge in [0.25, 0.3) is 0 Å². The van der Waals surface area contributed by atoms with E-state index in [-0.39, 0.29) is 6.04 Å². The molecule has 0 saturated heterocycles. The van der Waals surface area contributed by atoms with Crippen molar-refractivity contribution < 1.29 is 19.8 Å². The second-order valence-corrected chi connectivity index (χ2v) is 4.44. The monoisotopic (exact) mass is 266 g/mol. The fourth-order valence-electron chi connectivity index (χ4n) is 1.56. The number of carboxylic acid groups (broad SMARTS) is 1. The molecule has 0 bridgehead atoms. The highest BCUT2D eigenvalue weighted by Gasteiger charge is 2.29. The molecule has 19 heavy (non-hydrogen) atoms. The molecule has 4 N–H and O–H groups in total. The maximum Gasteiger partial charge on any atom is 0.329 e. The molecule has 0 radical (unpaired) electrons. The summed E-state index contributed by atoms with van der Waals surface area (Å²) in [5, 5.41) is 23.9. The summed E-state index contributed by atoms with van der Waals surface area (Å²) in [6, 6.07) is 6.18. The van der Waals surface area contributed by atoms with Crippen LogP contribution in [0.2, 0.25) is 0 Å². The van der Waals surface area contributed by atoms with Crippen molar-refractivity contribution in [3.63, 3.8) is 0 Å². The minimum atomic E-state index is -1.40. The third kappa shape index (κ3) is 4.59. The molecule has 0 saturated carbocycles. The Morgan fingerprint density at radius 1 is 1.11 bits per heavy atom. The second kappa shape index (κ2) is 6.75. The smallest absolute Gasteiger partial charge is 0.329 e. The van der Waals surface area contributed by atoms with Crippen LogP contribution in [-0.2, 0) is 4.79 Å². The van der Waals surface area contributed by atoms with E-state index in [1.165, 1.54) is 0 Å². The number of nitrogens with one attached hydrogen (secondary N) is 2. The molecule has 0 fully saturated rings. The molecular weight excluding hydrogens is 248 g/mol. The topological polar surface area (TPSA) is 98.7 Å². The van der Waals surface area contributed by atoms with Gasteiger partial charge >= 0.3 is 12.0 Å². The van der Waals surface area contributed by atoms with Crippen molar-refractivity contribution in [1.82, 2.24) is 10.6 Å². The quantitative estimate of drug-likeness (QED) is 0.636. The van der Waals surface area contributed by atoms with Crippen LogP contribution < -0.4 is 10.6 Å². The molecule has 0 aliphatic carbocycles. The van der Waals surface area contributed by atoms with Crippen LogP contribution in [0.15, 0.2) is 30.3 Å². The average molecular weight is 266 g/mol. The maximum absolute atomic E-state index is 11.5. The van der Waals surface area contributed by atoms with Crippen molar-refractivity contribution in [2.24, 2.45) is 0 Å². The van der Waals surface area contributed by atoms with E-state index in [0.717, 1.165) is 0 Å². The number of aliphatic hydroxyl groups excluding tert-OH is 1. The van der Waals surface area contributed by atoms with Crippen LogP contribution in [0.5, 0.6) is 0 Å². The molecule has 1 rings (SSSR count). The lowest BCUT2D eigenvalue weighted by Crippen LogP contribution is -2.50. The number of carboxylic acids is 1. The molecule has 2 amide bonds. The van der Waals surface area contributed by atoms with E-state index in [1.807, 2.05) is 0 Å². The molecule has 0 aromatic heterocycles. The summed E-state index contributed by atoms with van der Waals surface area (Å²) in [5.74, 6) is -1.30. The average Bonchev–Trinajstić information content (AvgIpc) is 2.35. The van der Waals surface area contributed by atoms with E-state index in [9.17, 15) is 14.7 Å². The van der Waals surface area contributed by atoms with Crippen LogP contribution in [0.1, 0.15) is 25.5 Å². The zero-order valence-corrected chi connectivity index (χ0v) is 10.8. The number of aliphatic carboxylic acids is 1. The first-order valence-corrected chi connectivity index (χ1v) is 5.94. The molecule has 0 heterocycles. The third-order valence-corrected chi connectivity index (χ3v) is 2.43. The van der Waals surface area contributed by atoms with Gasteiger partial charge in [0.2, 0.25) is 0 Å². The van der Waals surface area contributed by atoms with Gasteiger partial charge in [0.15, 0.2) is 6.04 Å². The van der Waals surface area contributed by atoms with E-state index in [1.54, 1.807) is 44.2 Å². The normalized spacial score (nSPS) is 13.7. The predicted octanol–water partition coefficient (Wildman–Crippen LogP) is 0.881. The standard InChI is InChI=1S/C13H18N2O4/c1-8(2)14-13(19)15-10(12(17)18)11(16)9-6-4-3-5-7-9/h3-8,10-11,16H,1-2H3,(H,17,18)(H2,14,15,19). The summed E-state index contributed by atoms with van der Waals surface area (Å²) in [4.78, 5) is 22.6. The predicted molar refractivity (Wildman–Crippen MR) is 69.6 cm³/mol. The lowest BCUT2D eigenvalue weighted by atomic mass is 10.0. The molecule has 0 aliphatic heterocycles. The highest BCUT2D eigenvalue weighted by molar-refractivity contribution is 5.83. The SMILES string of the molecule is CC(C)NC(=O)NC(C(=O)O)C(O)c1ccccc1. The first-order valence-electron chi connectivity index (χ1n) is 5.94. The van der Waals surface area contributed by atoms with Gasteiger partial charge in [-0.1, -0.05) is 30.3 Å². The highest BCUT2D eigenvalue weighted by atomic mass is 16.4. The molecule has 104 valence electrons. The van der Waals surface area contributed by atoms with Crippen molar-refractivity contribution in [3.05, 3.63) is 35.9 Å². The fraction of sp³-hybridized carbons (Fsp3) is 0.385. The summed E-state index contributed by atoms with van der Waals surface area (Å²) < 4.78 is 0. The van der Waals surface area contributed by atoms with Gasteiger partial charge in [-0.05, 0) is 19.4 Å². The number of benzene rings is 1. The first-order chi connectivity index (χ1) is 8.91. The van der Waals surface area contributed by atoms with E-state index in [4.69, 9.17) is 5.11 Å². The van der Waals surface area contributed by atoms with Crippen molar-refractivity contribution in [1.29, 1.82) is 0 Å². The van der Waals surface area contributed by atoms with Crippen molar-refractivity contribution >= 4 is 12.0 Å². The summed E-state index contributed by atoms with van der Waals surface area (Å²) in [7, 11) is 0. The zero-order valence-electron chi connectivity index (χ0n) is 10.8. The van der Waals surface area contributed by atoms with Gasteiger partial charge in [-0.15, -0.1) is 0 Å². The zero-order chi connectivity index (χ0) is 14.4. The van der Waals surface area contributed by atoms with Gasteiger partial charge in [-0.2, -0.15) is 0 Å². The van der Waals surface area contributed by atoms with Crippen LogP contribution >= 0.6 is 0 Å². The van der Waals surface area contributed by atoms with E-state index in [2.05, 4.69) is 10.6 Å². The van der Waals surface area contributed by atoms with Crippen molar-refractivity contribution in [3.8, 4) is 0 Å². The number of hydrogen-bond donors (Lipinski definition) is 4. The Balaban J connectivity index is 2.78. The summed E-state index contributed by atoms with van der Waals surface area (Å²) in [6.45, 7) is 3.51. The van der Waals surface area contributed by atoms with E-state index in [0.29, 0.717) is 5.56 Å². The molecule has 0 aliphatic rings. The van der Waals surface area contributed by atoms with Crippen molar-refractivity contribution in [2.75, 3.05) is 0 Å². The summed E-state index contributed by atoms with van der Waals surface area (Å²) >= 11 is 0. The largest absolute Gasteiger partial charge is 0.480 e. The Labute approximate surface area is 111 Å². The van der Waals surface area contributed by atoms with Crippen LogP contribution in [-0.4, -0.2) is 34.3 Å². The van der Waals surface area contributed by atoms with Gasteiger partial charge in [0.05, 0.1) is 0 Å². The molecule has 0 spiro atoms. The van der Waals surface area contributed by atoms with Crippen LogP contribution in [0, 0.1) is 0 Å². The third-order valence-electron chi connectivity index (χ3n) is 2.43. The number of carbonyl (C=O) groups excluding carboxylic acids is 1. The van der Waals surface area contributed by atoms with Gasteiger partial charge in [-0.3, -0.25) is 0 Å². The maximum atomic E-state index is 11.5. The Bertz CT molecular complexity index is 434. The van der Waals surface area contributed by atoms with Crippen LogP contribution in [0.4, 0.5) is 4.79 Å². The van der Waals surface area contributed by atoms with Gasteiger partial charge in [0.1, 0.15) is 6.10 Å². The number of carbonyl (C=O) groups is 2. The number of hydrogen-bond acceptors (Lipinski definition) is 3. The molecule has 2 atom stereocenters. The van der Waals surface area contributed by atoms with E-state index < -0.39 is 24.1 Å². The van der Waals surface area contributed by atoms with Crippen LogP contribution in [0.3, 0.4) is 0 Å². The molecule has 1 aromatic carbocycles. The lowest BCUT2D eigenvalue weighted by molar-refractivity contribution is -0.142. The Morgan fingerprint density at radius 2 is 1.68 bits per heavy atom. The fourth-order valence-corrected chi connectivity index (χ4v) is 1.56. The summed E-state index contributed by atoms with van der Waals surface area (Å²) in [5.41, 5.74) is 0.430. The number of rotatable bonds is 5. The molecule has 6 heteroatoms. The van der Waals surface area contributed by atoms with E-state index >= 15 is 0 Å². The van der Waals surface area contributed by atoms with Gasteiger partial charge in [0, 0.05) is 6.04 Å². The number of urea groups is 1. The number of amides is 2. The number of aliphatic hydroxyl groups is 1. The Kier molecular flexibility index (Phi) is 5.32. The second-order valence-electron chi connectivity index (χ2n) is 4.44. The van der Waals surface area contributed by atoms with Gasteiger partial charge < -0.3 is 20.8 Å². The summed E-state index contributed by atoms with van der Waals surface area (Å²) in [6.07, 6.45) is -1.31.